The summed E-state index contributed by atoms with van der Waals surface area (Å²) in [4.78, 5) is 15.1. The third kappa shape index (κ3) is 4.34. The van der Waals surface area contributed by atoms with E-state index in [-0.39, 0.29) is 11.3 Å². The molecule has 0 radical (unpaired) electrons. The number of rotatable bonds is 4. The van der Waals surface area contributed by atoms with Gasteiger partial charge in [0.2, 0.25) is 0 Å². The van der Waals surface area contributed by atoms with E-state index in [0.717, 1.165) is 42.7 Å². The highest BCUT2D eigenvalue weighted by molar-refractivity contribution is 5.77. The van der Waals surface area contributed by atoms with Crippen LogP contribution < -0.4 is 15.2 Å². The van der Waals surface area contributed by atoms with Crippen LogP contribution in [0.3, 0.4) is 0 Å². The van der Waals surface area contributed by atoms with Crippen LogP contribution in [0.2, 0.25) is 0 Å². The average molecular weight is 418 g/mol. The van der Waals surface area contributed by atoms with Gasteiger partial charge in [0.25, 0.3) is 5.56 Å². The van der Waals surface area contributed by atoms with Crippen LogP contribution in [0.1, 0.15) is 19.3 Å². The average Bonchev–Trinajstić information content (AvgIpc) is 3.14. The van der Waals surface area contributed by atoms with Crippen molar-refractivity contribution in [2.24, 2.45) is 7.05 Å². The maximum absolute atomic E-state index is 12.9. The minimum Gasteiger partial charge on any atom is -0.406 e. The molecule has 0 N–H and O–H groups in total. The van der Waals surface area contributed by atoms with Crippen molar-refractivity contribution in [1.29, 1.82) is 0 Å². The number of nitrogens with zero attached hydrogens (tertiary/aromatic N) is 4. The second-order valence-corrected chi connectivity index (χ2v) is 7.27. The number of benzene rings is 1. The molecular formula is C21H21F3N4O2. The minimum absolute atomic E-state index is 0.257. The van der Waals surface area contributed by atoms with Gasteiger partial charge in [-0.3, -0.25) is 14.0 Å². The molecule has 1 fully saturated rings. The third-order valence-corrected chi connectivity index (χ3v) is 5.09. The number of aryl methyl sites for hydroxylation is 1. The lowest BCUT2D eigenvalue weighted by Gasteiger charge is -2.30. The summed E-state index contributed by atoms with van der Waals surface area (Å²) in [6.45, 7) is 1.75. The lowest BCUT2D eigenvalue weighted by Crippen LogP contribution is -2.31. The quantitative estimate of drug-likeness (QED) is 0.640. The van der Waals surface area contributed by atoms with Gasteiger partial charge in [-0.05, 0) is 43.5 Å². The number of hydrogen-bond acceptors (Lipinski definition) is 4. The second-order valence-electron chi connectivity index (χ2n) is 7.27. The molecule has 1 aromatic carbocycles. The van der Waals surface area contributed by atoms with Gasteiger partial charge in [0, 0.05) is 55.4 Å². The van der Waals surface area contributed by atoms with Crippen molar-refractivity contribution in [3.8, 4) is 22.6 Å². The van der Waals surface area contributed by atoms with Crippen LogP contribution in [0.4, 0.5) is 18.9 Å². The van der Waals surface area contributed by atoms with E-state index in [1.165, 1.54) is 35.3 Å². The number of hydrogen-bond donors (Lipinski definition) is 0. The lowest BCUT2D eigenvalue weighted by atomic mass is 10.1. The van der Waals surface area contributed by atoms with E-state index >= 15 is 0 Å². The van der Waals surface area contributed by atoms with Crippen LogP contribution in [-0.4, -0.2) is 33.8 Å². The molecule has 1 aliphatic rings. The predicted molar refractivity (Wildman–Crippen MR) is 107 cm³/mol. The summed E-state index contributed by atoms with van der Waals surface area (Å²) < 4.78 is 44.2. The Morgan fingerprint density at radius 3 is 2.33 bits per heavy atom. The van der Waals surface area contributed by atoms with E-state index in [2.05, 4.69) is 14.7 Å². The van der Waals surface area contributed by atoms with Crippen molar-refractivity contribution in [3.05, 3.63) is 59.3 Å². The van der Waals surface area contributed by atoms with Crippen LogP contribution >= 0.6 is 0 Å². The van der Waals surface area contributed by atoms with E-state index in [1.54, 1.807) is 23.1 Å². The summed E-state index contributed by atoms with van der Waals surface area (Å²) in [5.41, 5.74) is 2.75. The summed E-state index contributed by atoms with van der Waals surface area (Å²) in [6.07, 6.45) is 3.87. The summed E-state index contributed by atoms with van der Waals surface area (Å²) >= 11 is 0. The maximum Gasteiger partial charge on any atom is 0.573 e. The number of anilines is 1. The van der Waals surface area contributed by atoms with Crippen molar-refractivity contribution in [3.63, 3.8) is 0 Å². The molecule has 3 heterocycles. The Balaban J connectivity index is 1.76. The van der Waals surface area contributed by atoms with Crippen molar-refractivity contribution in [1.82, 2.24) is 14.3 Å². The molecule has 0 atom stereocenters. The molecule has 0 unspecified atom stereocenters. The van der Waals surface area contributed by atoms with Gasteiger partial charge in [-0.2, -0.15) is 5.10 Å². The highest BCUT2D eigenvalue weighted by Gasteiger charge is 2.31. The number of halogens is 3. The molecule has 0 bridgehead atoms. The summed E-state index contributed by atoms with van der Waals surface area (Å²) in [6, 6.07) is 6.83. The Labute approximate surface area is 171 Å². The zero-order chi connectivity index (χ0) is 21.3. The van der Waals surface area contributed by atoms with Crippen LogP contribution in [0.25, 0.3) is 16.8 Å². The number of alkyl halides is 3. The molecule has 6 nitrogen and oxygen atoms in total. The number of aromatic nitrogens is 3. The van der Waals surface area contributed by atoms with Gasteiger partial charge in [-0.25, -0.2) is 0 Å². The molecule has 30 heavy (non-hydrogen) atoms. The maximum atomic E-state index is 12.9. The molecule has 1 saturated heterocycles. The zero-order valence-corrected chi connectivity index (χ0v) is 16.4. The van der Waals surface area contributed by atoms with Gasteiger partial charge in [-0.15, -0.1) is 13.2 Å². The van der Waals surface area contributed by atoms with E-state index in [0.29, 0.717) is 5.69 Å². The van der Waals surface area contributed by atoms with Crippen molar-refractivity contribution >= 4 is 5.69 Å². The fourth-order valence-corrected chi connectivity index (χ4v) is 3.71. The normalized spacial score (nSPS) is 14.7. The van der Waals surface area contributed by atoms with Gasteiger partial charge in [0.05, 0.1) is 11.9 Å². The number of pyridine rings is 1. The van der Waals surface area contributed by atoms with Crippen LogP contribution in [-0.2, 0) is 7.05 Å². The Morgan fingerprint density at radius 1 is 1.03 bits per heavy atom. The smallest absolute Gasteiger partial charge is 0.406 e. The van der Waals surface area contributed by atoms with Crippen LogP contribution in [0.15, 0.2) is 53.7 Å². The molecule has 0 amide bonds. The molecule has 1 aliphatic heterocycles. The first-order valence-corrected chi connectivity index (χ1v) is 9.67. The Hall–Kier alpha value is -3.23. The number of piperidine rings is 1. The van der Waals surface area contributed by atoms with E-state index in [4.69, 9.17) is 0 Å². The first kappa shape index (κ1) is 20.1. The first-order valence-electron chi connectivity index (χ1n) is 9.67. The number of ether oxygens (including phenoxy) is 1. The predicted octanol–water partition coefficient (Wildman–Crippen LogP) is 4.13. The standard InChI is InChI=1S/C21H21F3N4O2/c1-26-13-15(12-25-26)18-14-28(16-5-7-17(8-6-16)30-21(22,23)24)20(29)11-19(18)27-9-3-2-4-10-27/h5-8,11-14H,2-4,9-10H2,1H3. The second kappa shape index (κ2) is 7.89. The Kier molecular flexibility index (Phi) is 5.27. The SMILES string of the molecule is Cn1cc(-c2cn(-c3ccc(OC(F)(F)F)cc3)c(=O)cc2N2CCCCC2)cn1. The largest absolute Gasteiger partial charge is 0.573 e. The minimum atomic E-state index is -4.76. The Morgan fingerprint density at radius 2 is 1.73 bits per heavy atom. The van der Waals surface area contributed by atoms with Gasteiger partial charge >= 0.3 is 6.36 Å². The molecular weight excluding hydrogens is 397 g/mol. The van der Waals surface area contributed by atoms with Crippen LogP contribution in [0.5, 0.6) is 5.75 Å². The molecule has 0 saturated carbocycles. The summed E-state index contributed by atoms with van der Waals surface area (Å²) in [7, 11) is 1.82. The van der Waals surface area contributed by atoms with Gasteiger partial charge in [0.1, 0.15) is 5.75 Å². The van der Waals surface area contributed by atoms with Gasteiger partial charge < -0.3 is 9.64 Å². The molecule has 158 valence electrons. The summed E-state index contributed by atoms with van der Waals surface area (Å²) in [5.74, 6) is -0.336. The van der Waals surface area contributed by atoms with E-state index in [1.807, 2.05) is 13.2 Å². The molecule has 9 heteroatoms. The molecule has 3 aromatic rings. The summed E-state index contributed by atoms with van der Waals surface area (Å²) in [5, 5.41) is 4.24. The fraction of sp³-hybridized carbons (Fsp3) is 0.333. The highest BCUT2D eigenvalue weighted by atomic mass is 19.4. The van der Waals surface area contributed by atoms with Gasteiger partial charge in [-0.1, -0.05) is 0 Å². The van der Waals surface area contributed by atoms with Gasteiger partial charge in [0.15, 0.2) is 0 Å². The van der Waals surface area contributed by atoms with Crippen molar-refractivity contribution < 1.29 is 17.9 Å². The van der Waals surface area contributed by atoms with Crippen molar-refractivity contribution in [2.75, 3.05) is 18.0 Å². The monoisotopic (exact) mass is 418 g/mol. The molecule has 0 aliphatic carbocycles. The molecule has 4 rings (SSSR count). The van der Waals surface area contributed by atoms with E-state index < -0.39 is 6.36 Å². The van der Waals surface area contributed by atoms with Crippen LogP contribution in [0, 0.1) is 0 Å². The lowest BCUT2D eigenvalue weighted by molar-refractivity contribution is -0.274. The zero-order valence-electron chi connectivity index (χ0n) is 16.4. The first-order chi connectivity index (χ1) is 14.3. The van der Waals surface area contributed by atoms with E-state index in [9.17, 15) is 18.0 Å². The highest BCUT2D eigenvalue weighted by Crippen LogP contribution is 2.32. The molecule has 0 spiro atoms. The van der Waals surface area contributed by atoms with Crippen molar-refractivity contribution in [2.45, 2.75) is 25.6 Å². The topological polar surface area (TPSA) is 52.3 Å². The Bertz CT molecular complexity index is 1080. The fourth-order valence-electron chi connectivity index (χ4n) is 3.71. The third-order valence-electron chi connectivity index (χ3n) is 5.09. The molecule has 2 aromatic heterocycles.